The van der Waals surface area contributed by atoms with Crippen molar-refractivity contribution in [2.24, 2.45) is 0 Å². The molecule has 240 valence electrons. The summed E-state index contributed by atoms with van der Waals surface area (Å²) in [5.74, 6) is 2.60. The molecule has 0 spiro atoms. The number of ether oxygens (including phenoxy) is 2. The Morgan fingerprint density at radius 3 is 2.48 bits per heavy atom. The maximum absolute atomic E-state index is 12.5. The molecular formula is C33H45N3O7S. The SMILES string of the molecule is C#CCN(C)CCNC(=O)C(C)(C)NC(=O)CCOc1ccc(Cc2cc([C@@H]3O[C@H](SC)[C@@H](O)[C@H](O)[C@H]3O)ccc2C)cc1. The summed E-state index contributed by atoms with van der Waals surface area (Å²) in [6.07, 6.45) is 3.31. The molecule has 2 aromatic rings. The zero-order valence-electron chi connectivity index (χ0n) is 26.1. The average Bonchev–Trinajstić information content (AvgIpc) is 2.98. The Kier molecular flexibility index (Phi) is 13.1. The standard InChI is InChI=1S/C33H45N3O7S/c1-7-16-36(5)17-15-34-32(41)33(3,4)35-26(37)14-18-42-25-12-9-22(10-13-25)19-24-20-23(11-8-21(24)2)30-28(39)27(38)29(40)31(43-30)44-6/h1,8-13,20,27-31,38-40H,14-19H2,2-6H3,(H,34,41)(H,35,37)/t27-,28-,29+,30+,31-/m1/s1. The lowest BCUT2D eigenvalue weighted by Crippen LogP contribution is -2.55. The first-order valence-electron chi connectivity index (χ1n) is 14.6. The van der Waals surface area contributed by atoms with Gasteiger partial charge in [0.05, 0.1) is 19.6 Å². The van der Waals surface area contributed by atoms with Gasteiger partial charge in [0, 0.05) is 13.1 Å². The highest BCUT2D eigenvalue weighted by molar-refractivity contribution is 7.99. The monoisotopic (exact) mass is 627 g/mol. The highest BCUT2D eigenvalue weighted by Crippen LogP contribution is 2.36. The molecule has 2 amide bonds. The summed E-state index contributed by atoms with van der Waals surface area (Å²) in [6, 6.07) is 13.4. The Bertz CT molecular complexity index is 1300. The second-order valence-electron chi connectivity index (χ2n) is 11.6. The number of aliphatic hydroxyl groups excluding tert-OH is 3. The Hall–Kier alpha value is -3.11. The third kappa shape index (κ3) is 9.69. The molecule has 0 saturated carbocycles. The number of nitrogens with zero attached hydrogens (tertiary/aromatic N) is 1. The van der Waals surface area contributed by atoms with Crippen molar-refractivity contribution < 1.29 is 34.4 Å². The number of likely N-dealkylation sites (N-methyl/N-ethyl adjacent to an activating group) is 1. The van der Waals surface area contributed by atoms with Crippen LogP contribution in [0.1, 0.15) is 48.6 Å². The largest absolute Gasteiger partial charge is 0.493 e. The number of hydrogen-bond donors (Lipinski definition) is 5. The van der Waals surface area contributed by atoms with Crippen molar-refractivity contribution in [3.05, 3.63) is 64.7 Å². The van der Waals surface area contributed by atoms with Gasteiger partial charge in [-0.25, -0.2) is 0 Å². The zero-order valence-corrected chi connectivity index (χ0v) is 26.9. The third-order valence-corrected chi connectivity index (χ3v) is 8.43. The number of aryl methyl sites for hydroxylation is 1. The Labute approximate surface area is 264 Å². The number of aliphatic hydroxyl groups is 3. The summed E-state index contributed by atoms with van der Waals surface area (Å²) in [5.41, 5.74) is 2.16. The van der Waals surface area contributed by atoms with Gasteiger partial charge in [0.15, 0.2) is 0 Å². The van der Waals surface area contributed by atoms with Crippen molar-refractivity contribution in [3.8, 4) is 18.1 Å². The Morgan fingerprint density at radius 2 is 1.82 bits per heavy atom. The van der Waals surface area contributed by atoms with Crippen molar-refractivity contribution in [1.82, 2.24) is 15.5 Å². The summed E-state index contributed by atoms with van der Waals surface area (Å²) in [4.78, 5) is 26.9. The van der Waals surface area contributed by atoms with Gasteiger partial charge in [0.1, 0.15) is 41.1 Å². The van der Waals surface area contributed by atoms with Crippen molar-refractivity contribution in [2.45, 2.75) is 69.0 Å². The molecule has 1 saturated heterocycles. The molecule has 1 heterocycles. The zero-order chi connectivity index (χ0) is 32.4. The topological polar surface area (TPSA) is 141 Å². The van der Waals surface area contributed by atoms with E-state index in [0.717, 1.165) is 22.3 Å². The minimum absolute atomic E-state index is 0.0908. The van der Waals surface area contributed by atoms with Gasteiger partial charge in [-0.1, -0.05) is 36.3 Å². The fourth-order valence-electron chi connectivity index (χ4n) is 4.85. The molecule has 0 bridgehead atoms. The molecule has 1 fully saturated rings. The van der Waals surface area contributed by atoms with E-state index >= 15 is 0 Å². The van der Waals surface area contributed by atoms with Gasteiger partial charge in [-0.05, 0) is 74.9 Å². The van der Waals surface area contributed by atoms with Gasteiger partial charge in [-0.15, -0.1) is 18.2 Å². The van der Waals surface area contributed by atoms with E-state index in [1.54, 1.807) is 20.1 Å². The molecule has 0 radical (unpaired) electrons. The van der Waals surface area contributed by atoms with Gasteiger partial charge in [0.2, 0.25) is 11.8 Å². The number of carbonyl (C=O) groups excluding carboxylic acids is 2. The first-order chi connectivity index (χ1) is 20.9. The molecule has 2 aromatic carbocycles. The van der Waals surface area contributed by atoms with E-state index in [4.69, 9.17) is 15.9 Å². The molecule has 3 rings (SSSR count). The number of rotatable bonds is 14. The van der Waals surface area contributed by atoms with Crippen molar-refractivity contribution in [1.29, 1.82) is 0 Å². The third-order valence-electron chi connectivity index (χ3n) is 7.58. The maximum Gasteiger partial charge on any atom is 0.245 e. The molecule has 0 unspecified atom stereocenters. The second-order valence-corrected chi connectivity index (χ2v) is 12.5. The Balaban J connectivity index is 1.50. The van der Waals surface area contributed by atoms with Crippen LogP contribution in [0.5, 0.6) is 5.75 Å². The van der Waals surface area contributed by atoms with E-state index in [0.29, 0.717) is 31.8 Å². The summed E-state index contributed by atoms with van der Waals surface area (Å²) < 4.78 is 11.7. The predicted molar refractivity (Wildman–Crippen MR) is 171 cm³/mol. The van der Waals surface area contributed by atoms with Gasteiger partial charge < -0.3 is 35.4 Å². The van der Waals surface area contributed by atoms with Crippen LogP contribution in [0.25, 0.3) is 0 Å². The molecule has 0 aliphatic carbocycles. The van der Waals surface area contributed by atoms with Crippen LogP contribution in [0.2, 0.25) is 0 Å². The number of terminal acetylenes is 1. The van der Waals surface area contributed by atoms with Crippen LogP contribution < -0.4 is 15.4 Å². The van der Waals surface area contributed by atoms with Crippen LogP contribution in [-0.2, 0) is 20.7 Å². The van der Waals surface area contributed by atoms with Crippen LogP contribution in [0.4, 0.5) is 0 Å². The van der Waals surface area contributed by atoms with Crippen LogP contribution in [0.3, 0.4) is 0 Å². The first-order valence-corrected chi connectivity index (χ1v) is 15.9. The minimum Gasteiger partial charge on any atom is -0.493 e. The van der Waals surface area contributed by atoms with Crippen LogP contribution in [-0.4, -0.2) is 101 Å². The summed E-state index contributed by atoms with van der Waals surface area (Å²) >= 11 is 1.28. The molecular weight excluding hydrogens is 582 g/mol. The van der Waals surface area contributed by atoms with E-state index in [9.17, 15) is 24.9 Å². The van der Waals surface area contributed by atoms with E-state index in [2.05, 4.69) is 16.6 Å². The molecule has 5 atom stereocenters. The lowest BCUT2D eigenvalue weighted by atomic mass is 9.91. The summed E-state index contributed by atoms with van der Waals surface area (Å²) in [7, 11) is 1.87. The highest BCUT2D eigenvalue weighted by Gasteiger charge is 2.44. The van der Waals surface area contributed by atoms with Gasteiger partial charge >= 0.3 is 0 Å². The number of hydrogen-bond acceptors (Lipinski definition) is 9. The molecule has 10 nitrogen and oxygen atoms in total. The molecule has 0 aromatic heterocycles. The predicted octanol–water partition coefficient (Wildman–Crippen LogP) is 1.77. The molecule has 5 N–H and O–H groups in total. The maximum atomic E-state index is 12.5. The van der Waals surface area contributed by atoms with Gasteiger partial charge in [-0.2, -0.15) is 0 Å². The van der Waals surface area contributed by atoms with Gasteiger partial charge in [-0.3, -0.25) is 14.5 Å². The number of carbonyl (C=O) groups is 2. The fraction of sp³-hybridized carbons (Fsp3) is 0.515. The highest BCUT2D eigenvalue weighted by atomic mass is 32.2. The summed E-state index contributed by atoms with van der Waals surface area (Å²) in [5, 5.41) is 36.7. The lowest BCUT2D eigenvalue weighted by Gasteiger charge is -2.40. The molecule has 1 aliphatic rings. The normalized spacial score (nSPS) is 21.9. The second kappa shape index (κ2) is 16.3. The van der Waals surface area contributed by atoms with E-state index < -0.39 is 35.4 Å². The molecule has 44 heavy (non-hydrogen) atoms. The molecule has 11 heteroatoms. The van der Waals surface area contributed by atoms with Crippen molar-refractivity contribution in [3.63, 3.8) is 0 Å². The smallest absolute Gasteiger partial charge is 0.245 e. The fourth-order valence-corrected chi connectivity index (χ4v) is 5.52. The summed E-state index contributed by atoms with van der Waals surface area (Å²) in [6.45, 7) is 6.99. The van der Waals surface area contributed by atoms with Crippen molar-refractivity contribution >= 4 is 23.6 Å². The van der Waals surface area contributed by atoms with E-state index in [1.807, 2.05) is 61.3 Å². The van der Waals surface area contributed by atoms with E-state index in [-0.39, 0.29) is 24.8 Å². The number of benzene rings is 2. The lowest BCUT2D eigenvalue weighted by molar-refractivity contribution is -0.200. The van der Waals surface area contributed by atoms with E-state index in [1.165, 1.54) is 11.8 Å². The van der Waals surface area contributed by atoms with Gasteiger partial charge in [0.25, 0.3) is 0 Å². The van der Waals surface area contributed by atoms with Crippen molar-refractivity contribution in [2.75, 3.05) is 39.5 Å². The number of amides is 2. The van der Waals surface area contributed by atoms with Crippen LogP contribution in [0, 0.1) is 19.3 Å². The number of nitrogens with one attached hydrogen (secondary N) is 2. The molecule has 1 aliphatic heterocycles. The average molecular weight is 628 g/mol. The Morgan fingerprint density at radius 1 is 1.11 bits per heavy atom. The van der Waals surface area contributed by atoms with Crippen LogP contribution >= 0.6 is 11.8 Å². The van der Waals surface area contributed by atoms with Crippen LogP contribution in [0.15, 0.2) is 42.5 Å². The first kappa shape index (κ1) is 35.4. The minimum atomic E-state index is -1.30. The quantitative estimate of drug-likeness (QED) is 0.198. The number of thioether (sulfide) groups is 1.